The quantitative estimate of drug-likeness (QED) is 0.166. The van der Waals surface area contributed by atoms with E-state index in [2.05, 4.69) is 15.6 Å². The second kappa shape index (κ2) is 13.9. The van der Waals surface area contributed by atoms with Gasteiger partial charge >= 0.3 is 18.4 Å². The van der Waals surface area contributed by atoms with E-state index < -0.39 is 35.4 Å². The number of alkyl halides is 3. The number of halogens is 3. The Morgan fingerprint density at radius 3 is 2.22 bits per heavy atom. The van der Waals surface area contributed by atoms with Crippen LogP contribution in [0.4, 0.5) is 39.3 Å². The molecule has 0 saturated heterocycles. The molecular formula is C32H31F3N4O6S. The molecule has 4 rings (SSSR count). The predicted molar refractivity (Wildman–Crippen MR) is 169 cm³/mol. The third kappa shape index (κ3) is 8.75. The molecule has 0 aliphatic carbocycles. The number of nitrogens with zero attached hydrogens (tertiary/aromatic N) is 2. The number of hydrogen-bond donors (Lipinski definition) is 3. The second-order valence-electron chi connectivity index (χ2n) is 10.9. The minimum atomic E-state index is -4.51. The van der Waals surface area contributed by atoms with E-state index in [4.69, 9.17) is 9.47 Å². The topological polar surface area (TPSA) is 130 Å². The van der Waals surface area contributed by atoms with Crippen LogP contribution in [0.25, 0.3) is 11.1 Å². The monoisotopic (exact) mass is 656 g/mol. The highest BCUT2D eigenvalue weighted by molar-refractivity contribution is 7.13. The van der Waals surface area contributed by atoms with E-state index in [-0.39, 0.29) is 18.5 Å². The Balaban J connectivity index is 1.45. The summed E-state index contributed by atoms with van der Waals surface area (Å²) in [4.78, 5) is 42.8. The summed E-state index contributed by atoms with van der Waals surface area (Å²) in [5.41, 5.74) is 0.633. The lowest BCUT2D eigenvalue weighted by atomic mass is 9.96. The summed E-state index contributed by atoms with van der Waals surface area (Å²) < 4.78 is 49.9. The molecule has 3 N–H and O–H groups in total. The summed E-state index contributed by atoms with van der Waals surface area (Å²) in [6.07, 6.45) is -6.08. The van der Waals surface area contributed by atoms with Crippen LogP contribution in [0, 0.1) is 0 Å². The van der Waals surface area contributed by atoms with Gasteiger partial charge in [-0.05, 0) is 74.9 Å². The zero-order chi connectivity index (χ0) is 33.6. The average molecular weight is 657 g/mol. The lowest BCUT2D eigenvalue weighted by Crippen LogP contribution is -2.31. The Hall–Kier alpha value is -5.11. The van der Waals surface area contributed by atoms with Crippen LogP contribution < -0.4 is 20.3 Å². The Morgan fingerprint density at radius 1 is 0.957 bits per heavy atom. The van der Waals surface area contributed by atoms with Gasteiger partial charge in [-0.15, -0.1) is 11.3 Å². The molecular weight excluding hydrogens is 625 g/mol. The fourth-order valence-electron chi connectivity index (χ4n) is 4.37. The number of methoxy groups -OCH3 is 1. The van der Waals surface area contributed by atoms with Crippen LogP contribution in [0.1, 0.15) is 42.4 Å². The number of hydrogen-bond acceptors (Lipinski definition) is 7. The van der Waals surface area contributed by atoms with E-state index >= 15 is 0 Å². The van der Waals surface area contributed by atoms with E-state index in [1.165, 1.54) is 60.9 Å². The van der Waals surface area contributed by atoms with Crippen LogP contribution in [0.5, 0.6) is 5.75 Å². The number of amides is 3. The van der Waals surface area contributed by atoms with Crippen molar-refractivity contribution in [1.82, 2.24) is 4.98 Å². The van der Waals surface area contributed by atoms with Crippen molar-refractivity contribution in [3.8, 4) is 16.9 Å². The largest absolute Gasteiger partial charge is 0.496 e. The Morgan fingerprint density at radius 2 is 1.63 bits per heavy atom. The first-order valence-corrected chi connectivity index (χ1v) is 14.7. The van der Waals surface area contributed by atoms with Crippen molar-refractivity contribution in [2.75, 3.05) is 29.2 Å². The molecule has 242 valence electrons. The number of nitrogens with one attached hydrogen (secondary N) is 2. The van der Waals surface area contributed by atoms with Gasteiger partial charge in [0.05, 0.1) is 23.9 Å². The number of thiazole rings is 1. The first-order valence-electron chi connectivity index (χ1n) is 13.9. The van der Waals surface area contributed by atoms with Gasteiger partial charge < -0.3 is 19.9 Å². The van der Waals surface area contributed by atoms with Crippen LogP contribution in [-0.2, 0) is 17.3 Å². The molecule has 1 aromatic heterocycles. The third-order valence-corrected chi connectivity index (χ3v) is 7.22. The molecule has 0 saturated carbocycles. The molecule has 3 aromatic carbocycles. The van der Waals surface area contributed by atoms with Gasteiger partial charge in [0.25, 0.3) is 5.91 Å². The molecule has 3 amide bonds. The van der Waals surface area contributed by atoms with E-state index in [1.54, 1.807) is 38.3 Å². The number of carboxylic acid groups (broad SMARTS) is 1. The maximum atomic E-state index is 13.3. The molecule has 4 aromatic rings. The van der Waals surface area contributed by atoms with Crippen molar-refractivity contribution in [3.05, 3.63) is 88.9 Å². The lowest BCUT2D eigenvalue weighted by Gasteiger charge is -2.19. The van der Waals surface area contributed by atoms with Gasteiger partial charge in [0.2, 0.25) is 0 Å². The summed E-state index contributed by atoms with van der Waals surface area (Å²) in [6.45, 7) is 5.29. The molecule has 0 atom stereocenters. The summed E-state index contributed by atoms with van der Waals surface area (Å²) in [5.74, 6) is -0.247. The molecule has 10 nitrogen and oxygen atoms in total. The molecule has 0 bridgehead atoms. The molecule has 0 spiro atoms. The summed E-state index contributed by atoms with van der Waals surface area (Å²) in [5, 5.41) is 17.2. The summed E-state index contributed by atoms with van der Waals surface area (Å²) in [7, 11) is 1.39. The number of carbonyl (C=O) groups excluding carboxylic acids is 2. The Labute approximate surface area is 266 Å². The molecule has 46 heavy (non-hydrogen) atoms. The van der Waals surface area contributed by atoms with Crippen molar-refractivity contribution in [2.45, 2.75) is 39.0 Å². The first kappa shape index (κ1) is 33.8. The first-order chi connectivity index (χ1) is 21.6. The van der Waals surface area contributed by atoms with Gasteiger partial charge in [-0.2, -0.15) is 13.2 Å². The predicted octanol–water partition coefficient (Wildman–Crippen LogP) is 8.16. The second-order valence-corrected chi connectivity index (χ2v) is 11.8. The Bertz CT molecular complexity index is 1700. The van der Waals surface area contributed by atoms with Gasteiger partial charge in [-0.1, -0.05) is 18.2 Å². The highest BCUT2D eigenvalue weighted by Crippen LogP contribution is 2.36. The van der Waals surface area contributed by atoms with E-state index in [0.717, 1.165) is 17.0 Å². The summed E-state index contributed by atoms with van der Waals surface area (Å²) >= 11 is 1.19. The normalized spacial score (nSPS) is 11.5. The standard InChI is InChI=1S/C32H31F3N4O6S/c1-31(2,3)45-29(41)38-28-37-22(18-46-28)16-17-39(30(42)43)23-14-12-21(13-15-23)36-27(40)24-6-5-7-25(44-4)26(24)19-8-10-20(11-9-19)32(33,34)35/h5-15,18H,16-17H2,1-4H3,(H,36,40)(H,42,43)(H,37,38,41). The molecule has 0 aliphatic heterocycles. The average Bonchev–Trinajstić information content (AvgIpc) is 3.42. The maximum absolute atomic E-state index is 13.3. The van der Waals surface area contributed by atoms with Gasteiger partial charge in [-0.25, -0.2) is 14.6 Å². The van der Waals surface area contributed by atoms with Crippen LogP contribution in [0.15, 0.2) is 72.1 Å². The highest BCUT2D eigenvalue weighted by atomic mass is 32.1. The fraction of sp³-hybridized carbons (Fsp3) is 0.250. The van der Waals surface area contributed by atoms with Gasteiger partial charge in [0.15, 0.2) is 5.13 Å². The number of anilines is 3. The van der Waals surface area contributed by atoms with Crippen molar-refractivity contribution >= 4 is 45.9 Å². The van der Waals surface area contributed by atoms with E-state index in [1.807, 2.05) is 0 Å². The van der Waals surface area contributed by atoms with Crippen molar-refractivity contribution in [2.24, 2.45) is 0 Å². The van der Waals surface area contributed by atoms with Gasteiger partial charge in [0, 0.05) is 35.3 Å². The van der Waals surface area contributed by atoms with Gasteiger partial charge in [0.1, 0.15) is 11.4 Å². The molecule has 0 fully saturated rings. The van der Waals surface area contributed by atoms with Crippen molar-refractivity contribution in [1.29, 1.82) is 0 Å². The van der Waals surface area contributed by atoms with Crippen LogP contribution >= 0.6 is 11.3 Å². The zero-order valence-electron chi connectivity index (χ0n) is 25.3. The number of rotatable bonds is 9. The van der Waals surface area contributed by atoms with E-state index in [9.17, 15) is 32.7 Å². The third-order valence-electron chi connectivity index (χ3n) is 6.41. The number of ether oxygens (including phenoxy) is 2. The Kier molecular flexibility index (Phi) is 10.2. The zero-order valence-corrected chi connectivity index (χ0v) is 26.1. The van der Waals surface area contributed by atoms with Crippen molar-refractivity contribution in [3.63, 3.8) is 0 Å². The van der Waals surface area contributed by atoms with Crippen molar-refractivity contribution < 1.29 is 42.1 Å². The fourth-order valence-corrected chi connectivity index (χ4v) is 5.10. The smallest absolute Gasteiger partial charge is 0.416 e. The number of benzene rings is 3. The number of aromatic nitrogens is 1. The highest BCUT2D eigenvalue weighted by Gasteiger charge is 2.30. The van der Waals surface area contributed by atoms with E-state index in [0.29, 0.717) is 39.1 Å². The van der Waals surface area contributed by atoms with Gasteiger partial charge in [-0.3, -0.25) is 15.0 Å². The van der Waals surface area contributed by atoms with Crippen LogP contribution in [0.3, 0.4) is 0 Å². The number of carbonyl (C=O) groups is 3. The molecule has 14 heteroatoms. The van der Waals surface area contributed by atoms with Crippen LogP contribution in [-0.4, -0.2) is 47.4 Å². The molecule has 0 aliphatic rings. The molecule has 0 unspecified atom stereocenters. The summed E-state index contributed by atoms with van der Waals surface area (Å²) in [6, 6.07) is 15.3. The SMILES string of the molecule is COc1cccc(C(=O)Nc2ccc(N(CCc3csc(NC(=O)OC(C)(C)C)n3)C(=O)O)cc2)c1-c1ccc(C(F)(F)F)cc1. The maximum Gasteiger partial charge on any atom is 0.416 e. The molecule has 0 radical (unpaired) electrons. The minimum absolute atomic E-state index is 0.0664. The molecule has 1 heterocycles. The lowest BCUT2D eigenvalue weighted by molar-refractivity contribution is -0.137. The minimum Gasteiger partial charge on any atom is -0.496 e. The van der Waals surface area contributed by atoms with Crippen LogP contribution in [0.2, 0.25) is 0 Å².